The molecule has 1 aromatic carbocycles. The molecule has 240 valence electrons. The molecule has 6 N–H and O–H groups in total. The summed E-state index contributed by atoms with van der Waals surface area (Å²) >= 11 is 0. The van der Waals surface area contributed by atoms with Crippen molar-refractivity contribution in [3.8, 4) is 5.75 Å². The lowest BCUT2D eigenvalue weighted by Crippen LogP contribution is -2.65. The van der Waals surface area contributed by atoms with Crippen LogP contribution in [0.25, 0.3) is 5.76 Å². The largest absolute Gasteiger partial charge is 0.508 e. The molecule has 11 nitrogen and oxygen atoms in total. The molecular formula is C33H46N4O7. The van der Waals surface area contributed by atoms with Crippen molar-refractivity contribution in [2.24, 2.45) is 23.0 Å². The molecule has 0 bridgehead atoms. The minimum absolute atomic E-state index is 0.0574. The Kier molecular flexibility index (Phi) is 8.14. The molecule has 4 atom stereocenters. The summed E-state index contributed by atoms with van der Waals surface area (Å²) in [7, 11) is 9.05. The van der Waals surface area contributed by atoms with Crippen LogP contribution in [0, 0.1) is 17.3 Å². The van der Waals surface area contributed by atoms with E-state index in [0.29, 0.717) is 12.1 Å². The van der Waals surface area contributed by atoms with Crippen LogP contribution in [0.1, 0.15) is 62.1 Å². The monoisotopic (exact) mass is 610 g/mol. The number of benzene rings is 1. The Hall–Kier alpha value is -3.41. The number of hydrogen-bond acceptors (Lipinski definition) is 10. The fraction of sp³-hybridized carbons (Fsp3) is 0.606. The number of hydrogen-bond donors (Lipinski definition) is 5. The second kappa shape index (κ2) is 11.2. The Morgan fingerprint density at radius 2 is 1.68 bits per heavy atom. The SMILES string of the molecule is CN(Cc1cc(O)c2c(c1N(C)C)C[C@H]1C[C@H]3[C@H](N(C)C)C(=O)C(C(N)=O)=C(O)[C@@]3(O)C(=O)C1=C2O)CC1(C)CCCCC1. The zero-order valence-corrected chi connectivity index (χ0v) is 26.6. The number of primary amides is 1. The van der Waals surface area contributed by atoms with Gasteiger partial charge < -0.3 is 36.0 Å². The van der Waals surface area contributed by atoms with Crippen LogP contribution in [0.4, 0.5) is 5.69 Å². The molecule has 0 aromatic heterocycles. The van der Waals surface area contributed by atoms with E-state index in [1.807, 2.05) is 19.0 Å². The molecule has 2 saturated carbocycles. The van der Waals surface area contributed by atoms with Crippen LogP contribution in [0.15, 0.2) is 23.0 Å². The van der Waals surface area contributed by atoms with Crippen molar-refractivity contribution in [1.29, 1.82) is 0 Å². The molecule has 0 unspecified atom stereocenters. The van der Waals surface area contributed by atoms with E-state index >= 15 is 0 Å². The van der Waals surface area contributed by atoms with Crippen molar-refractivity contribution in [1.82, 2.24) is 9.80 Å². The van der Waals surface area contributed by atoms with Gasteiger partial charge in [0.05, 0.1) is 11.6 Å². The number of anilines is 1. The van der Waals surface area contributed by atoms with E-state index in [1.54, 1.807) is 20.2 Å². The summed E-state index contributed by atoms with van der Waals surface area (Å²) in [6.45, 7) is 3.82. The quantitative estimate of drug-likeness (QED) is 0.289. The van der Waals surface area contributed by atoms with E-state index in [1.165, 1.54) is 37.0 Å². The van der Waals surface area contributed by atoms with Gasteiger partial charge in [0.1, 0.15) is 22.8 Å². The Labute approximate surface area is 258 Å². The maximum atomic E-state index is 14.1. The number of carbonyl (C=O) groups is 3. The Bertz CT molecular complexity index is 1470. The van der Waals surface area contributed by atoms with Gasteiger partial charge in [0, 0.05) is 44.4 Å². The Morgan fingerprint density at radius 3 is 2.25 bits per heavy atom. The van der Waals surface area contributed by atoms with Gasteiger partial charge in [0.25, 0.3) is 5.91 Å². The Morgan fingerprint density at radius 1 is 1.05 bits per heavy atom. The summed E-state index contributed by atoms with van der Waals surface area (Å²) in [5.74, 6) is -6.50. The van der Waals surface area contributed by atoms with Gasteiger partial charge in [0.15, 0.2) is 11.4 Å². The fourth-order valence-corrected chi connectivity index (χ4v) is 8.61. The maximum Gasteiger partial charge on any atom is 0.255 e. The number of ketones is 2. The number of nitrogens with two attached hydrogens (primary N) is 1. The van der Waals surface area contributed by atoms with Crippen molar-refractivity contribution in [2.45, 2.75) is 70.1 Å². The molecule has 11 heteroatoms. The number of fused-ring (bicyclic) bond motifs is 3. The summed E-state index contributed by atoms with van der Waals surface area (Å²) in [5, 5.41) is 45.8. The van der Waals surface area contributed by atoms with Crippen LogP contribution in [0.3, 0.4) is 0 Å². The van der Waals surface area contributed by atoms with Crippen molar-refractivity contribution in [3.05, 3.63) is 39.7 Å². The average Bonchev–Trinajstić information content (AvgIpc) is 2.90. The van der Waals surface area contributed by atoms with Gasteiger partial charge in [-0.15, -0.1) is 0 Å². The third-order valence-electron chi connectivity index (χ3n) is 10.4. The highest BCUT2D eigenvalue weighted by Gasteiger charge is 2.64. The molecule has 0 radical (unpaired) electrons. The molecule has 4 aliphatic carbocycles. The average molecular weight is 611 g/mol. The maximum absolute atomic E-state index is 14.1. The number of phenolic OH excluding ortho intramolecular Hbond substituents is 1. The first-order chi connectivity index (χ1) is 20.5. The summed E-state index contributed by atoms with van der Waals surface area (Å²) in [6, 6.07) is 0.509. The normalized spacial score (nSPS) is 28.2. The van der Waals surface area contributed by atoms with Crippen LogP contribution < -0.4 is 10.6 Å². The van der Waals surface area contributed by atoms with Crippen LogP contribution in [-0.2, 0) is 27.3 Å². The second-order valence-electron chi connectivity index (χ2n) is 14.2. The van der Waals surface area contributed by atoms with Crippen molar-refractivity contribution in [3.63, 3.8) is 0 Å². The lowest BCUT2D eigenvalue weighted by atomic mass is 9.57. The van der Waals surface area contributed by atoms with Crippen LogP contribution >= 0.6 is 0 Å². The van der Waals surface area contributed by atoms with Gasteiger partial charge >= 0.3 is 0 Å². The van der Waals surface area contributed by atoms with Gasteiger partial charge in [-0.05, 0) is 75.4 Å². The van der Waals surface area contributed by atoms with Gasteiger partial charge in [0.2, 0.25) is 5.78 Å². The summed E-state index contributed by atoms with van der Waals surface area (Å²) in [4.78, 5) is 45.4. The topological polar surface area (TPSA) is 168 Å². The van der Waals surface area contributed by atoms with E-state index in [2.05, 4.69) is 18.9 Å². The van der Waals surface area contributed by atoms with E-state index < -0.39 is 58.0 Å². The summed E-state index contributed by atoms with van der Waals surface area (Å²) in [6.07, 6.45) is 6.41. The molecule has 0 spiro atoms. The highest BCUT2D eigenvalue weighted by Crippen LogP contribution is 2.54. The number of aliphatic hydroxyl groups excluding tert-OH is 2. The van der Waals surface area contributed by atoms with Crippen molar-refractivity contribution in [2.75, 3.05) is 46.7 Å². The third-order valence-corrected chi connectivity index (χ3v) is 10.4. The summed E-state index contributed by atoms with van der Waals surface area (Å²) in [5.41, 5.74) is 4.52. The van der Waals surface area contributed by atoms with E-state index in [4.69, 9.17) is 5.73 Å². The lowest BCUT2D eigenvalue weighted by Gasteiger charge is -2.50. The van der Waals surface area contributed by atoms with E-state index in [9.17, 15) is 34.8 Å². The van der Waals surface area contributed by atoms with Crippen LogP contribution in [-0.4, -0.2) is 101 Å². The number of aromatic hydroxyl groups is 1. The van der Waals surface area contributed by atoms with Gasteiger partial charge in [-0.3, -0.25) is 19.3 Å². The molecule has 0 aliphatic heterocycles. The molecule has 1 amide bonds. The number of likely N-dealkylation sites (N-methyl/N-ethyl adjacent to an activating group) is 1. The van der Waals surface area contributed by atoms with Crippen LogP contribution in [0.5, 0.6) is 5.75 Å². The van der Waals surface area contributed by atoms with Gasteiger partial charge in [-0.1, -0.05) is 26.2 Å². The van der Waals surface area contributed by atoms with Crippen molar-refractivity contribution >= 4 is 28.9 Å². The molecular weight excluding hydrogens is 564 g/mol. The first kappa shape index (κ1) is 32.0. The Balaban J connectivity index is 1.61. The summed E-state index contributed by atoms with van der Waals surface area (Å²) < 4.78 is 0. The number of amides is 1. The molecule has 1 aromatic rings. The number of phenols is 1. The predicted molar refractivity (Wildman–Crippen MR) is 166 cm³/mol. The molecule has 4 aliphatic rings. The number of aliphatic hydroxyl groups is 3. The predicted octanol–water partition coefficient (Wildman–Crippen LogP) is 2.43. The van der Waals surface area contributed by atoms with E-state index in [-0.39, 0.29) is 35.1 Å². The zero-order chi connectivity index (χ0) is 32.5. The highest BCUT2D eigenvalue weighted by molar-refractivity contribution is 6.24. The smallest absolute Gasteiger partial charge is 0.255 e. The van der Waals surface area contributed by atoms with Crippen LogP contribution in [0.2, 0.25) is 0 Å². The number of rotatable bonds is 7. The lowest BCUT2D eigenvalue weighted by molar-refractivity contribution is -0.153. The first-order valence-electron chi connectivity index (χ1n) is 15.4. The third kappa shape index (κ3) is 4.89. The second-order valence-corrected chi connectivity index (χ2v) is 14.2. The van der Waals surface area contributed by atoms with E-state index in [0.717, 1.165) is 17.8 Å². The molecule has 0 heterocycles. The van der Waals surface area contributed by atoms with Gasteiger partial charge in [-0.2, -0.15) is 0 Å². The minimum atomic E-state index is -2.65. The first-order valence-corrected chi connectivity index (χ1v) is 15.4. The molecule has 0 saturated heterocycles. The molecule has 5 rings (SSSR count). The number of carbonyl (C=O) groups excluding carboxylic acids is 3. The number of Topliss-reactive ketones (excluding diaryl/α,β-unsaturated/α-hetero) is 2. The minimum Gasteiger partial charge on any atom is -0.508 e. The molecule has 44 heavy (non-hydrogen) atoms. The fourth-order valence-electron chi connectivity index (χ4n) is 8.61. The molecule has 2 fully saturated rings. The standard InChI is InChI=1S/C33H46N4O7/c1-32(10-8-7-9-11-32)16-37(6)15-18-14-21(38)23-19(25(18)35(2)3)12-17-13-20-26(36(4)5)28(40)24(31(34)43)30(42)33(20,44)29(41)22(17)27(23)39/h14,17,20,26,38-39,42,44H,7-13,15-16H2,1-6H3,(H2,34,43)/t17-,20-,26-,33-/m0/s1. The van der Waals surface area contributed by atoms with Crippen molar-refractivity contribution < 1.29 is 34.8 Å². The zero-order valence-electron chi connectivity index (χ0n) is 26.6. The highest BCUT2D eigenvalue weighted by atomic mass is 16.3. The number of nitrogens with zero attached hydrogens (tertiary/aromatic N) is 3. The van der Waals surface area contributed by atoms with Gasteiger partial charge in [-0.25, -0.2) is 0 Å².